The van der Waals surface area contributed by atoms with E-state index in [1.807, 2.05) is 61.5 Å². The second kappa shape index (κ2) is 11.6. The highest BCUT2D eigenvalue weighted by Gasteiger charge is 2.29. The van der Waals surface area contributed by atoms with Gasteiger partial charge in [-0.2, -0.15) is 0 Å². The normalized spacial score (nSPS) is 18.7. The van der Waals surface area contributed by atoms with E-state index in [-0.39, 0.29) is 17.6 Å². The number of rotatable bonds is 8. The van der Waals surface area contributed by atoms with Crippen molar-refractivity contribution in [3.63, 3.8) is 0 Å². The van der Waals surface area contributed by atoms with Gasteiger partial charge in [-0.05, 0) is 44.2 Å². The molecule has 0 bridgehead atoms. The number of carbonyl (C=O) groups excluding carboxylic acids is 2. The maximum atomic E-state index is 13.1. The lowest BCUT2D eigenvalue weighted by atomic mass is 9.89. The third kappa shape index (κ3) is 6.11. The summed E-state index contributed by atoms with van der Waals surface area (Å²) in [5, 5.41) is 3.26. The first kappa shape index (κ1) is 23.7. The molecule has 0 heterocycles. The summed E-state index contributed by atoms with van der Waals surface area (Å²) in [6, 6.07) is 18.0. The fraction of sp³-hybridized carbons (Fsp3) is 0.517. The minimum absolute atomic E-state index is 0.00849. The Bertz CT molecular complexity index is 896. The molecule has 4 rings (SSSR count). The summed E-state index contributed by atoms with van der Waals surface area (Å²) in [4.78, 5) is 28.6. The number of carbonyl (C=O) groups is 2. The molecular formula is C29H38N2O2. The monoisotopic (exact) mass is 446 g/mol. The van der Waals surface area contributed by atoms with Crippen LogP contribution < -0.4 is 5.32 Å². The number of nitrogens with one attached hydrogen (secondary N) is 1. The van der Waals surface area contributed by atoms with E-state index in [9.17, 15) is 9.59 Å². The van der Waals surface area contributed by atoms with Crippen LogP contribution in [0.4, 0.5) is 0 Å². The highest BCUT2D eigenvalue weighted by atomic mass is 16.2. The van der Waals surface area contributed by atoms with Crippen LogP contribution in [0, 0.1) is 0 Å². The molecule has 1 unspecified atom stereocenters. The van der Waals surface area contributed by atoms with E-state index >= 15 is 0 Å². The van der Waals surface area contributed by atoms with E-state index < -0.39 is 0 Å². The average molecular weight is 447 g/mol. The van der Waals surface area contributed by atoms with Crippen molar-refractivity contribution in [3.8, 4) is 0 Å². The SMILES string of the molecule is CC(C(=O)NCN(C1CCCCC1)C1CCCCC1)c1cccc(C(=O)c2ccccc2)c1. The molecule has 2 aliphatic rings. The van der Waals surface area contributed by atoms with Gasteiger partial charge in [0.25, 0.3) is 0 Å². The van der Waals surface area contributed by atoms with Gasteiger partial charge in [-0.1, -0.05) is 87.1 Å². The lowest BCUT2D eigenvalue weighted by Crippen LogP contribution is -2.50. The number of nitrogens with zero attached hydrogens (tertiary/aromatic N) is 1. The van der Waals surface area contributed by atoms with Crippen LogP contribution in [0.15, 0.2) is 54.6 Å². The molecule has 1 amide bonds. The third-order valence-corrected chi connectivity index (χ3v) is 7.60. The molecular weight excluding hydrogens is 408 g/mol. The van der Waals surface area contributed by atoms with Crippen LogP contribution in [0.5, 0.6) is 0 Å². The topological polar surface area (TPSA) is 49.4 Å². The van der Waals surface area contributed by atoms with Crippen molar-refractivity contribution >= 4 is 11.7 Å². The molecule has 2 aromatic carbocycles. The van der Waals surface area contributed by atoms with Crippen molar-refractivity contribution in [3.05, 3.63) is 71.3 Å². The number of amides is 1. The van der Waals surface area contributed by atoms with Crippen molar-refractivity contribution < 1.29 is 9.59 Å². The van der Waals surface area contributed by atoms with Gasteiger partial charge in [-0.3, -0.25) is 14.5 Å². The Balaban J connectivity index is 1.41. The Morgan fingerprint density at radius 1 is 0.818 bits per heavy atom. The molecule has 4 heteroatoms. The molecule has 176 valence electrons. The van der Waals surface area contributed by atoms with Gasteiger partial charge in [-0.25, -0.2) is 0 Å². The van der Waals surface area contributed by atoms with Crippen LogP contribution in [0.1, 0.15) is 98.5 Å². The second-order valence-corrected chi connectivity index (χ2v) is 9.84. The number of hydrogen-bond donors (Lipinski definition) is 1. The number of ketones is 1. The van der Waals surface area contributed by atoms with Gasteiger partial charge in [-0.15, -0.1) is 0 Å². The summed E-state index contributed by atoms with van der Waals surface area (Å²) in [5.74, 6) is -0.269. The molecule has 2 saturated carbocycles. The lowest BCUT2D eigenvalue weighted by Gasteiger charge is -2.41. The second-order valence-electron chi connectivity index (χ2n) is 9.84. The van der Waals surface area contributed by atoms with Gasteiger partial charge in [0.05, 0.1) is 12.6 Å². The first-order valence-electron chi connectivity index (χ1n) is 12.9. The summed E-state index contributed by atoms with van der Waals surface area (Å²) in [6.07, 6.45) is 12.9. The predicted molar refractivity (Wildman–Crippen MR) is 133 cm³/mol. The lowest BCUT2D eigenvalue weighted by molar-refractivity contribution is -0.123. The van der Waals surface area contributed by atoms with E-state index in [4.69, 9.17) is 0 Å². The van der Waals surface area contributed by atoms with Crippen LogP contribution >= 0.6 is 0 Å². The molecule has 0 aliphatic heterocycles. The van der Waals surface area contributed by atoms with Crippen LogP contribution in [0.3, 0.4) is 0 Å². The quantitative estimate of drug-likeness (QED) is 0.396. The van der Waals surface area contributed by atoms with Gasteiger partial charge in [0, 0.05) is 23.2 Å². The van der Waals surface area contributed by atoms with E-state index in [1.54, 1.807) is 0 Å². The maximum absolute atomic E-state index is 13.1. The molecule has 0 spiro atoms. The molecule has 1 N–H and O–H groups in total. The predicted octanol–water partition coefficient (Wildman–Crippen LogP) is 6.06. The Kier molecular flexibility index (Phi) is 8.33. The van der Waals surface area contributed by atoms with Crippen molar-refractivity contribution in [1.29, 1.82) is 0 Å². The van der Waals surface area contributed by atoms with Gasteiger partial charge < -0.3 is 5.32 Å². The van der Waals surface area contributed by atoms with E-state index in [2.05, 4.69) is 10.2 Å². The van der Waals surface area contributed by atoms with Gasteiger partial charge in [0.15, 0.2) is 5.78 Å². The smallest absolute Gasteiger partial charge is 0.228 e. The zero-order valence-electron chi connectivity index (χ0n) is 20.0. The highest BCUT2D eigenvalue weighted by molar-refractivity contribution is 6.09. The van der Waals surface area contributed by atoms with Crippen LogP contribution in [0.2, 0.25) is 0 Å². The minimum Gasteiger partial charge on any atom is -0.343 e. The largest absolute Gasteiger partial charge is 0.343 e. The van der Waals surface area contributed by atoms with Crippen LogP contribution in [0.25, 0.3) is 0 Å². The highest BCUT2D eigenvalue weighted by Crippen LogP contribution is 2.30. The summed E-state index contributed by atoms with van der Waals surface area (Å²) in [5.41, 5.74) is 2.18. The summed E-state index contributed by atoms with van der Waals surface area (Å²) in [6.45, 7) is 2.58. The average Bonchev–Trinajstić information content (AvgIpc) is 2.89. The van der Waals surface area contributed by atoms with Gasteiger partial charge >= 0.3 is 0 Å². The Morgan fingerprint density at radius 3 is 2.00 bits per heavy atom. The van der Waals surface area contributed by atoms with Crippen LogP contribution in [-0.4, -0.2) is 35.3 Å². The zero-order valence-corrected chi connectivity index (χ0v) is 20.0. The molecule has 2 aromatic rings. The van der Waals surface area contributed by atoms with Gasteiger partial charge in [0.1, 0.15) is 0 Å². The number of hydrogen-bond acceptors (Lipinski definition) is 3. The summed E-state index contributed by atoms with van der Waals surface area (Å²) < 4.78 is 0. The molecule has 1 atom stereocenters. The summed E-state index contributed by atoms with van der Waals surface area (Å²) in [7, 11) is 0. The Morgan fingerprint density at radius 2 is 1.39 bits per heavy atom. The van der Waals surface area contributed by atoms with Crippen molar-refractivity contribution in [1.82, 2.24) is 10.2 Å². The van der Waals surface area contributed by atoms with E-state index in [0.29, 0.717) is 29.9 Å². The summed E-state index contributed by atoms with van der Waals surface area (Å²) >= 11 is 0. The Hall–Kier alpha value is -2.46. The number of benzene rings is 2. The standard InChI is InChI=1S/C29H38N2O2/c1-22(24-14-11-15-25(20-24)28(32)23-12-5-2-6-13-23)29(33)30-21-31(26-16-7-3-8-17-26)27-18-9-4-10-19-27/h2,5-6,11-15,20,22,26-27H,3-4,7-10,16-19,21H2,1H3,(H,30,33). The zero-order chi connectivity index (χ0) is 23.0. The van der Waals surface area contributed by atoms with Gasteiger partial charge in [0.2, 0.25) is 5.91 Å². The maximum Gasteiger partial charge on any atom is 0.228 e. The van der Waals surface area contributed by atoms with E-state index in [0.717, 1.165) is 5.56 Å². The molecule has 33 heavy (non-hydrogen) atoms. The third-order valence-electron chi connectivity index (χ3n) is 7.60. The molecule has 2 fully saturated rings. The Labute approximate surface area is 198 Å². The fourth-order valence-electron chi connectivity index (χ4n) is 5.56. The molecule has 2 aliphatic carbocycles. The molecule has 0 radical (unpaired) electrons. The van der Waals surface area contributed by atoms with Crippen molar-refractivity contribution in [2.75, 3.05) is 6.67 Å². The first-order valence-corrected chi connectivity index (χ1v) is 12.9. The molecule has 0 saturated heterocycles. The molecule has 4 nitrogen and oxygen atoms in total. The molecule has 0 aromatic heterocycles. The van der Waals surface area contributed by atoms with Crippen molar-refractivity contribution in [2.45, 2.75) is 89.1 Å². The first-order chi connectivity index (χ1) is 16.1. The minimum atomic E-state index is -0.298. The van der Waals surface area contributed by atoms with E-state index in [1.165, 1.54) is 64.2 Å². The fourth-order valence-corrected chi connectivity index (χ4v) is 5.56. The van der Waals surface area contributed by atoms with Crippen molar-refractivity contribution in [2.24, 2.45) is 0 Å². The van der Waals surface area contributed by atoms with Crippen LogP contribution in [-0.2, 0) is 4.79 Å².